The molecule has 6 heteroatoms. The molecule has 0 unspecified atom stereocenters. The van der Waals surface area contributed by atoms with Gasteiger partial charge in [0.15, 0.2) is 5.76 Å². The molecule has 0 saturated carbocycles. The van der Waals surface area contributed by atoms with E-state index in [1.807, 2.05) is 30.3 Å². The third-order valence-electron chi connectivity index (χ3n) is 6.64. The quantitative estimate of drug-likeness (QED) is 0.119. The lowest BCUT2D eigenvalue weighted by atomic mass is 9.93. The van der Waals surface area contributed by atoms with E-state index in [4.69, 9.17) is 9.47 Å². The van der Waals surface area contributed by atoms with Gasteiger partial charge in [-0.1, -0.05) is 101 Å². The number of Topliss-reactive ketones (excluding diaryl/α,β-unsaturated/α-hetero) is 1. The van der Waals surface area contributed by atoms with E-state index in [-0.39, 0.29) is 42.0 Å². The molecule has 0 bridgehead atoms. The van der Waals surface area contributed by atoms with Crippen LogP contribution in [-0.4, -0.2) is 31.2 Å². The summed E-state index contributed by atoms with van der Waals surface area (Å²) < 4.78 is 10.6. The van der Waals surface area contributed by atoms with Gasteiger partial charge in [0, 0.05) is 24.6 Å². The predicted octanol–water partition coefficient (Wildman–Crippen LogP) is 6.74. The number of hydrogen-bond acceptors (Lipinski definition) is 6. The highest BCUT2D eigenvalue weighted by Crippen LogP contribution is 2.24. The summed E-state index contributed by atoms with van der Waals surface area (Å²) in [5, 5.41) is 3.04. The first-order valence-electron chi connectivity index (χ1n) is 14.1. The van der Waals surface area contributed by atoms with Crippen molar-refractivity contribution in [2.24, 2.45) is 0 Å². The normalized spacial score (nSPS) is 13.5. The van der Waals surface area contributed by atoms with E-state index in [0.717, 1.165) is 24.8 Å². The van der Waals surface area contributed by atoms with Crippen molar-refractivity contribution in [2.45, 2.75) is 103 Å². The SMILES string of the molecule is CCCCCCCCCCCCCC1=C(OC)C(=O)C=C(NCCCC(=O)OCc2ccccc2)C1=O. The number of ether oxygens (including phenoxy) is 2. The van der Waals surface area contributed by atoms with Gasteiger partial charge >= 0.3 is 5.97 Å². The summed E-state index contributed by atoms with van der Waals surface area (Å²) in [6.07, 6.45) is 16.1. The third-order valence-corrected chi connectivity index (χ3v) is 6.64. The zero-order valence-electron chi connectivity index (χ0n) is 22.8. The molecule has 0 aliphatic heterocycles. The first-order valence-corrected chi connectivity index (χ1v) is 14.1. The van der Waals surface area contributed by atoms with Crippen molar-refractivity contribution in [1.29, 1.82) is 0 Å². The van der Waals surface area contributed by atoms with Crippen molar-refractivity contribution in [3.63, 3.8) is 0 Å². The Kier molecular flexibility index (Phi) is 15.1. The Hall–Kier alpha value is -2.89. The summed E-state index contributed by atoms with van der Waals surface area (Å²) in [6.45, 7) is 2.89. The highest BCUT2D eigenvalue weighted by molar-refractivity contribution is 6.21. The van der Waals surface area contributed by atoms with Gasteiger partial charge in [0.25, 0.3) is 0 Å². The molecule has 0 amide bonds. The Balaban J connectivity index is 1.66. The number of hydrogen-bond donors (Lipinski definition) is 1. The summed E-state index contributed by atoms with van der Waals surface area (Å²) in [4.78, 5) is 37.5. The third kappa shape index (κ3) is 11.8. The van der Waals surface area contributed by atoms with Gasteiger partial charge in [0.05, 0.1) is 12.8 Å². The molecule has 0 fully saturated rings. The number of rotatable bonds is 20. The molecular weight excluding hydrogens is 466 g/mol. The number of methoxy groups -OCH3 is 1. The number of unbranched alkanes of at least 4 members (excludes halogenated alkanes) is 10. The Bertz CT molecular complexity index is 903. The Labute approximate surface area is 222 Å². The summed E-state index contributed by atoms with van der Waals surface area (Å²) in [6, 6.07) is 9.53. The second-order valence-corrected chi connectivity index (χ2v) is 9.73. The number of nitrogens with one attached hydrogen (secondary N) is 1. The summed E-state index contributed by atoms with van der Waals surface area (Å²) in [5.41, 5.74) is 1.67. The molecular formula is C31H45NO5. The molecule has 6 nitrogen and oxygen atoms in total. The maximum atomic E-state index is 13.0. The number of carbonyl (C=O) groups is 3. The van der Waals surface area contributed by atoms with Gasteiger partial charge in [-0.05, 0) is 24.8 Å². The fourth-order valence-electron chi connectivity index (χ4n) is 4.49. The van der Waals surface area contributed by atoms with Crippen LogP contribution in [0.3, 0.4) is 0 Å². The van der Waals surface area contributed by atoms with Crippen LogP contribution in [-0.2, 0) is 30.5 Å². The van der Waals surface area contributed by atoms with Crippen molar-refractivity contribution in [3.05, 3.63) is 59.0 Å². The largest absolute Gasteiger partial charge is 0.492 e. The maximum Gasteiger partial charge on any atom is 0.306 e. The topological polar surface area (TPSA) is 81.7 Å². The zero-order valence-corrected chi connectivity index (χ0v) is 22.8. The second kappa shape index (κ2) is 18.4. The molecule has 0 radical (unpaired) electrons. The molecule has 37 heavy (non-hydrogen) atoms. The van der Waals surface area contributed by atoms with Crippen molar-refractivity contribution in [3.8, 4) is 0 Å². The first-order chi connectivity index (χ1) is 18.1. The summed E-state index contributed by atoms with van der Waals surface area (Å²) in [5.74, 6) is -0.600. The fourth-order valence-corrected chi connectivity index (χ4v) is 4.49. The van der Waals surface area contributed by atoms with E-state index in [1.165, 1.54) is 64.6 Å². The molecule has 204 valence electrons. The van der Waals surface area contributed by atoms with E-state index in [9.17, 15) is 14.4 Å². The molecule has 2 rings (SSSR count). The summed E-state index contributed by atoms with van der Waals surface area (Å²) >= 11 is 0. The number of esters is 1. The molecule has 0 saturated heterocycles. The average molecular weight is 512 g/mol. The van der Waals surface area contributed by atoms with E-state index < -0.39 is 0 Å². The number of carbonyl (C=O) groups excluding carboxylic acids is 3. The van der Waals surface area contributed by atoms with E-state index >= 15 is 0 Å². The number of ketones is 2. The van der Waals surface area contributed by atoms with E-state index in [0.29, 0.717) is 25.0 Å². The lowest BCUT2D eigenvalue weighted by molar-refractivity contribution is -0.145. The molecule has 1 aromatic rings. The molecule has 0 spiro atoms. The lowest BCUT2D eigenvalue weighted by Crippen LogP contribution is -2.29. The summed E-state index contributed by atoms with van der Waals surface area (Å²) in [7, 11) is 1.44. The van der Waals surface area contributed by atoms with Gasteiger partial charge in [0.1, 0.15) is 6.61 Å². The zero-order chi connectivity index (χ0) is 26.7. The Morgan fingerprint density at radius 1 is 0.838 bits per heavy atom. The molecule has 0 aromatic heterocycles. The molecule has 0 heterocycles. The van der Waals surface area contributed by atoms with Crippen LogP contribution < -0.4 is 5.32 Å². The number of benzene rings is 1. The van der Waals surface area contributed by atoms with Crippen LogP contribution in [0.15, 0.2) is 53.4 Å². The highest BCUT2D eigenvalue weighted by atomic mass is 16.5. The number of allylic oxidation sites excluding steroid dienone is 2. The minimum Gasteiger partial charge on any atom is -0.492 e. The predicted molar refractivity (Wildman–Crippen MR) is 147 cm³/mol. The monoisotopic (exact) mass is 511 g/mol. The molecule has 1 N–H and O–H groups in total. The average Bonchev–Trinajstić information content (AvgIpc) is 2.91. The molecule has 1 aliphatic carbocycles. The minimum atomic E-state index is -0.288. The van der Waals surface area contributed by atoms with Gasteiger partial charge in [0.2, 0.25) is 11.6 Å². The lowest BCUT2D eigenvalue weighted by Gasteiger charge is -2.19. The standard InChI is InChI=1S/C31H45NO5/c1-3-4-5-6-7-8-9-10-11-12-16-20-26-30(35)27(23-28(33)31(26)36-2)32-22-17-21-29(34)37-24-25-18-14-13-15-19-25/h13-15,18-19,23,32H,3-12,16-17,20-22,24H2,1-2H3. The minimum absolute atomic E-state index is 0.159. The van der Waals surface area contributed by atoms with Gasteiger partial charge in [-0.25, -0.2) is 0 Å². The van der Waals surface area contributed by atoms with Gasteiger partial charge < -0.3 is 14.8 Å². The van der Waals surface area contributed by atoms with Gasteiger partial charge in [-0.3, -0.25) is 14.4 Å². The van der Waals surface area contributed by atoms with Crippen LogP contribution in [0, 0.1) is 0 Å². The molecule has 1 aliphatic rings. The van der Waals surface area contributed by atoms with Gasteiger partial charge in [-0.2, -0.15) is 0 Å². The van der Waals surface area contributed by atoms with E-state index in [2.05, 4.69) is 12.2 Å². The van der Waals surface area contributed by atoms with Crippen molar-refractivity contribution < 1.29 is 23.9 Å². The van der Waals surface area contributed by atoms with Crippen molar-refractivity contribution in [2.75, 3.05) is 13.7 Å². The Morgan fingerprint density at radius 2 is 1.46 bits per heavy atom. The van der Waals surface area contributed by atoms with Crippen LogP contribution in [0.25, 0.3) is 0 Å². The maximum absolute atomic E-state index is 13.0. The van der Waals surface area contributed by atoms with Crippen LogP contribution in [0.2, 0.25) is 0 Å². The molecule has 1 aromatic carbocycles. The van der Waals surface area contributed by atoms with Crippen molar-refractivity contribution in [1.82, 2.24) is 5.32 Å². The fraction of sp³-hybridized carbons (Fsp3) is 0.581. The smallest absolute Gasteiger partial charge is 0.306 e. The Morgan fingerprint density at radius 3 is 2.08 bits per heavy atom. The van der Waals surface area contributed by atoms with Gasteiger partial charge in [-0.15, -0.1) is 0 Å². The highest BCUT2D eigenvalue weighted by Gasteiger charge is 2.29. The van der Waals surface area contributed by atoms with Crippen molar-refractivity contribution >= 4 is 17.5 Å². The van der Waals surface area contributed by atoms with Crippen LogP contribution >= 0.6 is 0 Å². The van der Waals surface area contributed by atoms with Crippen LogP contribution in [0.1, 0.15) is 102 Å². The van der Waals surface area contributed by atoms with Crippen LogP contribution in [0.5, 0.6) is 0 Å². The van der Waals surface area contributed by atoms with E-state index in [1.54, 1.807) is 0 Å². The molecule has 0 atom stereocenters. The second-order valence-electron chi connectivity index (χ2n) is 9.73. The van der Waals surface area contributed by atoms with Crippen LogP contribution in [0.4, 0.5) is 0 Å². The first kappa shape index (κ1) is 30.3.